The van der Waals surface area contributed by atoms with Crippen LogP contribution in [0.25, 0.3) is 38.8 Å². The van der Waals surface area contributed by atoms with Crippen LogP contribution in [-0.2, 0) is 6.54 Å². The molecule has 31 heavy (non-hydrogen) atoms. The Kier molecular flexibility index (Phi) is 5.78. The van der Waals surface area contributed by atoms with Crippen molar-refractivity contribution >= 4 is 28.6 Å². The summed E-state index contributed by atoms with van der Waals surface area (Å²) in [6.07, 6.45) is 3.89. The van der Waals surface area contributed by atoms with Crippen molar-refractivity contribution in [1.82, 2.24) is 14.5 Å². The van der Waals surface area contributed by atoms with Crippen molar-refractivity contribution in [2.45, 2.75) is 19.9 Å². The van der Waals surface area contributed by atoms with Crippen LogP contribution < -0.4 is 5.73 Å². The van der Waals surface area contributed by atoms with Crippen LogP contribution in [-0.4, -0.2) is 26.2 Å². The average molecular weight is 409 g/mol. The minimum atomic E-state index is 0.0532. The maximum Gasteiger partial charge on any atom is 0.196 e. The van der Waals surface area contributed by atoms with E-state index in [4.69, 9.17) is 12.3 Å². The van der Waals surface area contributed by atoms with E-state index in [1.165, 1.54) is 6.33 Å². The highest BCUT2D eigenvalue weighted by atomic mass is 16.3. The summed E-state index contributed by atoms with van der Waals surface area (Å²) in [5.41, 5.74) is 12.2. The van der Waals surface area contributed by atoms with Crippen LogP contribution in [0.1, 0.15) is 23.2 Å². The van der Waals surface area contributed by atoms with E-state index >= 15 is 0 Å². The highest BCUT2D eigenvalue weighted by Crippen LogP contribution is 2.39. The summed E-state index contributed by atoms with van der Waals surface area (Å²) < 4.78 is 2.02. The van der Waals surface area contributed by atoms with Gasteiger partial charge >= 0.3 is 0 Å². The summed E-state index contributed by atoms with van der Waals surface area (Å²) in [7, 11) is 0. The van der Waals surface area contributed by atoms with E-state index in [2.05, 4.69) is 14.8 Å². The fourth-order valence-electron chi connectivity index (χ4n) is 3.75. The monoisotopic (exact) mass is 409 g/mol. The van der Waals surface area contributed by atoms with E-state index in [9.17, 15) is 5.11 Å². The molecule has 4 aromatic rings. The molecule has 0 atom stereocenters. The Morgan fingerprint density at radius 2 is 1.87 bits per heavy atom. The largest absolute Gasteiger partial charge is 0.396 e. The van der Waals surface area contributed by atoms with Crippen LogP contribution in [0.2, 0.25) is 0 Å². The zero-order valence-electron chi connectivity index (χ0n) is 17.3. The third-order valence-corrected chi connectivity index (χ3v) is 5.25. The Morgan fingerprint density at radius 1 is 1.13 bits per heavy atom. The Morgan fingerprint density at radius 3 is 2.55 bits per heavy atom. The van der Waals surface area contributed by atoms with Gasteiger partial charge in [-0.3, -0.25) is 0 Å². The molecule has 0 aliphatic heterocycles. The molecule has 0 amide bonds. The molecule has 2 heterocycles. The smallest absolute Gasteiger partial charge is 0.196 e. The van der Waals surface area contributed by atoms with Gasteiger partial charge in [0.25, 0.3) is 0 Å². The van der Waals surface area contributed by atoms with Crippen molar-refractivity contribution in [3.63, 3.8) is 0 Å². The number of aliphatic hydroxyl groups is 1. The molecule has 6 heteroatoms. The number of hydrogen-bond donors (Lipinski definition) is 2. The third kappa shape index (κ3) is 3.91. The molecule has 0 unspecified atom stereocenters. The molecule has 0 aliphatic carbocycles. The van der Waals surface area contributed by atoms with Crippen LogP contribution in [0.3, 0.4) is 0 Å². The topological polar surface area (TPSA) is 81.3 Å². The number of nitrogens with two attached hydrogens (primary N) is 1. The van der Waals surface area contributed by atoms with Gasteiger partial charge in [0, 0.05) is 24.4 Å². The van der Waals surface area contributed by atoms with Crippen LogP contribution in [0.5, 0.6) is 0 Å². The van der Waals surface area contributed by atoms with E-state index < -0.39 is 0 Å². The molecule has 154 valence electrons. The zero-order valence-corrected chi connectivity index (χ0v) is 17.3. The van der Waals surface area contributed by atoms with E-state index in [-0.39, 0.29) is 6.61 Å². The van der Waals surface area contributed by atoms with E-state index in [1.807, 2.05) is 72.2 Å². The molecule has 0 saturated carbocycles. The van der Waals surface area contributed by atoms with Gasteiger partial charge in [-0.05, 0) is 30.5 Å². The Hall–Kier alpha value is -3.95. The van der Waals surface area contributed by atoms with Crippen LogP contribution in [0.4, 0.5) is 5.82 Å². The highest BCUT2D eigenvalue weighted by Gasteiger charge is 2.21. The molecule has 0 saturated heterocycles. The van der Waals surface area contributed by atoms with Gasteiger partial charge in [0.1, 0.15) is 17.8 Å². The lowest BCUT2D eigenvalue weighted by Crippen LogP contribution is -2.04. The second-order valence-electron chi connectivity index (χ2n) is 7.32. The molecule has 6 nitrogen and oxygen atoms in total. The molecule has 4 rings (SSSR count). The minimum absolute atomic E-state index is 0.0532. The lowest BCUT2D eigenvalue weighted by molar-refractivity contribution is 0.280. The molecule has 3 N–H and O–H groups in total. The van der Waals surface area contributed by atoms with Crippen molar-refractivity contribution < 1.29 is 5.11 Å². The van der Waals surface area contributed by atoms with E-state index in [0.717, 1.165) is 33.3 Å². The SMILES string of the molecule is [C-]#[N+]/C(=C\c1c(-c2ccc(C)cc2)c2c(N)ncnc2n1CCCO)c1ccccc1. The number of nitrogens with zero attached hydrogens (tertiary/aromatic N) is 4. The molecule has 0 spiro atoms. The quantitative estimate of drug-likeness (QED) is 0.449. The summed E-state index contributed by atoms with van der Waals surface area (Å²) in [5, 5.41) is 10.2. The van der Waals surface area contributed by atoms with Crippen LogP contribution in [0, 0.1) is 13.5 Å². The summed E-state index contributed by atoms with van der Waals surface area (Å²) in [6.45, 7) is 10.4. The van der Waals surface area contributed by atoms with Crippen molar-refractivity contribution in [2.75, 3.05) is 12.3 Å². The molecule has 0 radical (unpaired) electrons. The minimum Gasteiger partial charge on any atom is -0.396 e. The Balaban J connectivity index is 2.07. The van der Waals surface area contributed by atoms with Crippen molar-refractivity contribution in [1.29, 1.82) is 0 Å². The van der Waals surface area contributed by atoms with Crippen molar-refractivity contribution in [2.24, 2.45) is 0 Å². The van der Waals surface area contributed by atoms with Gasteiger partial charge in [0.05, 0.1) is 12.0 Å². The molecule has 0 bridgehead atoms. The number of benzene rings is 2. The van der Waals surface area contributed by atoms with Gasteiger partial charge in [-0.25, -0.2) is 14.8 Å². The predicted octanol–water partition coefficient (Wildman–Crippen LogP) is 4.79. The van der Waals surface area contributed by atoms with Crippen molar-refractivity contribution in [3.05, 3.63) is 89.2 Å². The van der Waals surface area contributed by atoms with Gasteiger partial charge in [0.15, 0.2) is 5.70 Å². The number of anilines is 1. The number of aryl methyl sites for hydroxylation is 2. The summed E-state index contributed by atoms with van der Waals surface area (Å²) >= 11 is 0. The number of rotatable bonds is 6. The second-order valence-corrected chi connectivity index (χ2v) is 7.32. The summed E-state index contributed by atoms with van der Waals surface area (Å²) in [6, 6.07) is 17.8. The Labute approximate surface area is 181 Å². The van der Waals surface area contributed by atoms with Gasteiger partial charge in [-0.1, -0.05) is 60.2 Å². The molecular formula is C25H23N5O. The van der Waals surface area contributed by atoms with E-state index in [1.54, 1.807) is 0 Å². The fourth-order valence-corrected chi connectivity index (χ4v) is 3.75. The first kappa shape index (κ1) is 20.3. The number of aromatic nitrogens is 3. The predicted molar refractivity (Wildman–Crippen MR) is 125 cm³/mol. The van der Waals surface area contributed by atoms with Gasteiger partial charge in [-0.15, -0.1) is 0 Å². The maximum atomic E-state index is 9.47. The number of fused-ring (bicyclic) bond motifs is 1. The normalized spacial score (nSPS) is 11.6. The molecule has 0 fully saturated rings. The first-order valence-electron chi connectivity index (χ1n) is 10.1. The lowest BCUT2D eigenvalue weighted by Gasteiger charge is -2.10. The second kappa shape index (κ2) is 8.82. The molecule has 2 aromatic carbocycles. The molecule has 0 aliphatic rings. The van der Waals surface area contributed by atoms with Gasteiger partial charge < -0.3 is 15.4 Å². The number of nitrogen functional groups attached to an aromatic ring is 1. The van der Waals surface area contributed by atoms with Gasteiger partial charge in [-0.2, -0.15) is 0 Å². The molecular weight excluding hydrogens is 386 g/mol. The standard InChI is InChI=1S/C25H23N5O/c1-17-9-11-19(12-10-17)22-21(15-20(27-2)18-7-4-3-5-8-18)30(13-6-14-31)25-23(22)24(26)28-16-29-25/h3-5,7-12,15-16,31H,6,13-14H2,1H3,(H2,26,28,29)/b20-15-. The summed E-state index contributed by atoms with van der Waals surface area (Å²) in [4.78, 5) is 12.5. The lowest BCUT2D eigenvalue weighted by atomic mass is 10.00. The van der Waals surface area contributed by atoms with Gasteiger partial charge in [0.2, 0.25) is 0 Å². The summed E-state index contributed by atoms with van der Waals surface area (Å²) in [5.74, 6) is 0.391. The third-order valence-electron chi connectivity index (χ3n) is 5.25. The number of hydrogen-bond acceptors (Lipinski definition) is 4. The zero-order chi connectivity index (χ0) is 21.8. The maximum absolute atomic E-state index is 9.47. The van der Waals surface area contributed by atoms with E-state index in [0.29, 0.717) is 30.1 Å². The average Bonchev–Trinajstić information content (AvgIpc) is 3.11. The van der Waals surface area contributed by atoms with Crippen LogP contribution in [0.15, 0.2) is 60.9 Å². The number of aliphatic hydroxyl groups excluding tert-OH is 1. The van der Waals surface area contributed by atoms with Crippen LogP contribution >= 0.6 is 0 Å². The first-order chi connectivity index (χ1) is 15.1. The molecule has 2 aromatic heterocycles. The van der Waals surface area contributed by atoms with Crippen molar-refractivity contribution in [3.8, 4) is 11.1 Å². The fraction of sp³-hybridized carbons (Fsp3) is 0.160. The Bertz CT molecular complexity index is 1280. The first-order valence-corrected chi connectivity index (χ1v) is 10.1. The highest BCUT2D eigenvalue weighted by molar-refractivity contribution is 6.06.